The minimum Gasteiger partial charge on any atom is -0.395 e. The number of aromatic nitrogens is 1. The topological polar surface area (TPSA) is 63.8 Å². The van der Waals surface area contributed by atoms with Gasteiger partial charge in [0, 0.05) is 24.2 Å². The lowest BCUT2D eigenvalue weighted by molar-refractivity contribution is -0.244. The number of aliphatic hydroxyl groups is 1. The first kappa shape index (κ1) is 28.1. The molecule has 1 aromatic heterocycles. The molecule has 4 aromatic rings. The van der Waals surface area contributed by atoms with Gasteiger partial charge >= 0.3 is 6.18 Å². The normalized spacial score (nSPS) is 14.7. The Hall–Kier alpha value is -3.91. The van der Waals surface area contributed by atoms with Gasteiger partial charge < -0.3 is 14.5 Å². The summed E-state index contributed by atoms with van der Waals surface area (Å²) < 4.78 is 45.3. The van der Waals surface area contributed by atoms with Gasteiger partial charge in [0.2, 0.25) is 0 Å². The molecule has 8 heteroatoms. The average molecular weight is 537 g/mol. The van der Waals surface area contributed by atoms with Crippen molar-refractivity contribution in [3.63, 3.8) is 0 Å². The molecule has 0 fully saturated rings. The van der Waals surface area contributed by atoms with Crippen molar-refractivity contribution in [1.82, 2.24) is 4.57 Å². The summed E-state index contributed by atoms with van der Waals surface area (Å²) in [6.45, 7) is 2.19. The van der Waals surface area contributed by atoms with Gasteiger partial charge in [-0.15, -0.1) is 0 Å². The first-order valence-electron chi connectivity index (χ1n) is 12.7. The number of para-hydroxylation sites is 1. The van der Waals surface area contributed by atoms with Crippen molar-refractivity contribution in [2.24, 2.45) is 10.6 Å². The molecular weight excluding hydrogens is 505 g/mol. The summed E-state index contributed by atoms with van der Waals surface area (Å²) in [4.78, 5) is 17.7. The number of benzene rings is 3. The molecule has 2 unspecified atom stereocenters. The predicted molar refractivity (Wildman–Crippen MR) is 147 cm³/mol. The zero-order valence-electron chi connectivity index (χ0n) is 21.9. The average Bonchev–Trinajstić information content (AvgIpc) is 2.94. The van der Waals surface area contributed by atoms with Crippen LogP contribution in [-0.2, 0) is 18.0 Å². The van der Waals surface area contributed by atoms with Crippen molar-refractivity contribution in [1.29, 1.82) is 0 Å². The summed E-state index contributed by atoms with van der Waals surface area (Å²) in [7, 11) is 0. The molecular formula is C31H31F3N2O3. The highest BCUT2D eigenvalue weighted by Crippen LogP contribution is 2.46. The molecule has 3 aromatic carbocycles. The lowest BCUT2D eigenvalue weighted by Crippen LogP contribution is -2.46. The van der Waals surface area contributed by atoms with E-state index in [9.17, 15) is 23.1 Å². The van der Waals surface area contributed by atoms with E-state index in [1.807, 2.05) is 42.5 Å². The van der Waals surface area contributed by atoms with Crippen molar-refractivity contribution >= 4 is 16.6 Å². The van der Waals surface area contributed by atoms with Gasteiger partial charge in [-0.3, -0.25) is 4.79 Å². The molecule has 2 atom stereocenters. The van der Waals surface area contributed by atoms with Crippen LogP contribution in [0.4, 0.5) is 13.2 Å². The van der Waals surface area contributed by atoms with Crippen molar-refractivity contribution < 1.29 is 23.1 Å². The van der Waals surface area contributed by atoms with Crippen molar-refractivity contribution in [2.75, 3.05) is 6.61 Å². The predicted octanol–water partition coefficient (Wildman–Crippen LogP) is 6.68. The largest absolute Gasteiger partial charge is 0.398 e. The summed E-state index contributed by atoms with van der Waals surface area (Å²) in [5.41, 5.74) is 0.700. The monoisotopic (exact) mass is 536 g/mol. The first-order valence-corrected chi connectivity index (χ1v) is 12.7. The highest BCUT2D eigenvalue weighted by Gasteiger charge is 2.55. The van der Waals surface area contributed by atoms with Gasteiger partial charge in [0.05, 0.1) is 17.8 Å². The number of alkyl halides is 3. The lowest BCUT2D eigenvalue weighted by Gasteiger charge is -2.37. The summed E-state index contributed by atoms with van der Waals surface area (Å²) in [6, 6.07) is 24.6. The Labute approximate surface area is 225 Å². The summed E-state index contributed by atoms with van der Waals surface area (Å²) in [5, 5.41) is 14.7. The van der Waals surface area contributed by atoms with E-state index >= 15 is 0 Å². The van der Waals surface area contributed by atoms with Gasteiger partial charge in [-0.05, 0) is 54.2 Å². The molecule has 0 aliphatic rings. The van der Waals surface area contributed by atoms with E-state index in [4.69, 9.17) is 4.84 Å². The molecule has 0 bridgehead atoms. The van der Waals surface area contributed by atoms with Crippen molar-refractivity contribution in [3.05, 3.63) is 118 Å². The van der Waals surface area contributed by atoms with E-state index in [1.165, 1.54) is 16.8 Å². The molecule has 204 valence electrons. The fraction of sp³-hybridized carbons (Fsp3) is 0.290. The second-order valence-corrected chi connectivity index (χ2v) is 9.93. The molecule has 5 nitrogen and oxygen atoms in total. The number of halogens is 3. The maximum atomic E-state index is 14.6. The van der Waals surface area contributed by atoms with Crippen LogP contribution in [-0.4, -0.2) is 28.2 Å². The van der Waals surface area contributed by atoms with Crippen LogP contribution in [0.2, 0.25) is 0 Å². The Bertz CT molecular complexity index is 1500. The molecule has 1 heterocycles. The Morgan fingerprint density at radius 3 is 2.44 bits per heavy atom. The fourth-order valence-corrected chi connectivity index (χ4v) is 4.80. The third-order valence-corrected chi connectivity index (χ3v) is 7.11. The molecule has 0 spiro atoms. The molecule has 0 amide bonds. The highest BCUT2D eigenvalue weighted by atomic mass is 19.4. The number of nitrogens with zero attached hydrogens (tertiary/aromatic N) is 2. The fourth-order valence-electron chi connectivity index (χ4n) is 4.80. The van der Waals surface area contributed by atoms with Gasteiger partial charge in [-0.2, -0.15) is 13.2 Å². The number of hydrogen-bond acceptors (Lipinski definition) is 4. The number of pyridine rings is 1. The van der Waals surface area contributed by atoms with Crippen LogP contribution >= 0.6 is 0 Å². The molecule has 4 rings (SSSR count). The van der Waals surface area contributed by atoms with Crippen molar-refractivity contribution in [2.45, 2.75) is 45.5 Å². The third-order valence-electron chi connectivity index (χ3n) is 7.11. The van der Waals surface area contributed by atoms with Crippen LogP contribution in [0.25, 0.3) is 10.9 Å². The summed E-state index contributed by atoms with van der Waals surface area (Å²) >= 11 is 0. The standard InChI is InChI=1S/C31H31F3N2O3/c1-22(25-11-8-12-26(17-25)23(2)35-39-19-24-9-4-3-5-10-24)18-30(21-37,31(32,33)34)20-36-16-15-29(38)27-13-6-7-14-28(27)36/h3-17,22,37H,18-21H2,1-2H3. The van der Waals surface area contributed by atoms with E-state index in [0.29, 0.717) is 28.8 Å². The molecule has 0 saturated heterocycles. The Morgan fingerprint density at radius 2 is 1.72 bits per heavy atom. The van der Waals surface area contributed by atoms with Crippen LogP contribution < -0.4 is 5.43 Å². The molecule has 0 aliphatic carbocycles. The van der Waals surface area contributed by atoms with Crippen LogP contribution in [0.15, 0.2) is 101 Å². The van der Waals surface area contributed by atoms with Gasteiger partial charge in [-0.25, -0.2) is 0 Å². The third kappa shape index (κ3) is 6.40. The molecule has 1 N–H and O–H groups in total. The number of fused-ring (bicyclic) bond motifs is 1. The Balaban J connectivity index is 1.58. The second-order valence-electron chi connectivity index (χ2n) is 9.93. The van der Waals surface area contributed by atoms with Gasteiger partial charge in [0.1, 0.15) is 12.0 Å². The smallest absolute Gasteiger partial charge is 0.395 e. The van der Waals surface area contributed by atoms with Crippen LogP contribution in [0.3, 0.4) is 0 Å². The lowest BCUT2D eigenvalue weighted by atomic mass is 9.77. The second kappa shape index (κ2) is 11.9. The van der Waals surface area contributed by atoms with Gasteiger partial charge in [0.25, 0.3) is 0 Å². The minimum absolute atomic E-state index is 0.265. The molecule has 0 radical (unpaired) electrons. The Kier molecular flexibility index (Phi) is 8.55. The maximum Gasteiger partial charge on any atom is 0.398 e. The Morgan fingerprint density at radius 1 is 1.00 bits per heavy atom. The zero-order valence-corrected chi connectivity index (χ0v) is 21.9. The maximum absolute atomic E-state index is 14.6. The highest BCUT2D eigenvalue weighted by molar-refractivity contribution is 5.98. The van der Waals surface area contributed by atoms with E-state index in [1.54, 1.807) is 50.2 Å². The first-order chi connectivity index (χ1) is 18.6. The van der Waals surface area contributed by atoms with E-state index in [0.717, 1.165) is 11.1 Å². The number of oxime groups is 1. The van der Waals surface area contributed by atoms with Crippen LogP contribution in [0.1, 0.15) is 42.9 Å². The SMILES string of the molecule is CC(=NOCc1ccccc1)c1cccc(C(C)CC(CO)(Cn2ccc(=O)c3ccccc32)C(F)(F)F)c1. The van der Waals surface area contributed by atoms with Crippen molar-refractivity contribution in [3.8, 4) is 0 Å². The van der Waals surface area contributed by atoms with E-state index < -0.39 is 30.7 Å². The zero-order chi connectivity index (χ0) is 28.0. The minimum atomic E-state index is -4.69. The summed E-state index contributed by atoms with van der Waals surface area (Å²) in [5.74, 6) is -0.539. The van der Waals surface area contributed by atoms with E-state index in [-0.39, 0.29) is 11.8 Å². The van der Waals surface area contributed by atoms with Crippen LogP contribution in [0, 0.1) is 5.41 Å². The molecule has 39 heavy (non-hydrogen) atoms. The summed E-state index contributed by atoms with van der Waals surface area (Å²) in [6.07, 6.45) is -3.68. The number of rotatable bonds is 10. The van der Waals surface area contributed by atoms with Gasteiger partial charge in [-0.1, -0.05) is 72.7 Å². The number of aliphatic hydroxyl groups excluding tert-OH is 1. The molecule has 0 aliphatic heterocycles. The number of hydrogen-bond donors (Lipinski definition) is 1. The van der Waals surface area contributed by atoms with Gasteiger partial charge in [0.15, 0.2) is 5.43 Å². The van der Waals surface area contributed by atoms with E-state index in [2.05, 4.69) is 5.16 Å². The quantitative estimate of drug-likeness (QED) is 0.182. The van der Waals surface area contributed by atoms with Crippen LogP contribution in [0.5, 0.6) is 0 Å². The molecule has 0 saturated carbocycles.